The van der Waals surface area contributed by atoms with Crippen LogP contribution in [0.2, 0.25) is 0 Å². The summed E-state index contributed by atoms with van der Waals surface area (Å²) in [6.07, 6.45) is 3.46. The molecule has 0 spiro atoms. The van der Waals surface area contributed by atoms with Gasteiger partial charge in [0.15, 0.2) is 6.29 Å². The van der Waals surface area contributed by atoms with E-state index < -0.39 is 0 Å². The number of hydrogen-bond acceptors (Lipinski definition) is 10. The second-order valence-corrected chi connectivity index (χ2v) is 16.9. The second kappa shape index (κ2) is 20.6. The summed E-state index contributed by atoms with van der Waals surface area (Å²) in [6, 6.07) is 43.4. The quantitative estimate of drug-likeness (QED) is 0.133. The zero-order valence-electron chi connectivity index (χ0n) is 38.4. The van der Waals surface area contributed by atoms with E-state index in [9.17, 15) is 14.4 Å². The molecule has 12 nitrogen and oxygen atoms in total. The van der Waals surface area contributed by atoms with Crippen LogP contribution in [0, 0.1) is 0 Å². The number of carbonyl (C=O) groups excluding carboxylic acids is 3. The van der Waals surface area contributed by atoms with Gasteiger partial charge in [-0.1, -0.05) is 143 Å². The van der Waals surface area contributed by atoms with Crippen molar-refractivity contribution in [3.05, 3.63) is 178 Å². The fourth-order valence-corrected chi connectivity index (χ4v) is 8.41. The first-order chi connectivity index (χ1) is 32.6. The smallest absolute Gasteiger partial charge is 0.273 e. The first kappa shape index (κ1) is 45.7. The van der Waals surface area contributed by atoms with Crippen molar-refractivity contribution >= 4 is 51.8 Å². The molecular weight excluding hydrogens is 835 g/mol. The Bertz CT molecular complexity index is 3060. The maximum Gasteiger partial charge on any atom is 0.273 e. The Kier molecular flexibility index (Phi) is 14.0. The Morgan fingerprint density at radius 2 is 0.985 bits per heavy atom. The van der Waals surface area contributed by atoms with Crippen LogP contribution in [0.3, 0.4) is 0 Å². The molecule has 338 valence electrons. The largest absolute Gasteiger partial charge is 0.368 e. The molecule has 0 bridgehead atoms. The van der Waals surface area contributed by atoms with E-state index in [1.807, 2.05) is 95.9 Å². The molecule has 2 amide bonds. The van der Waals surface area contributed by atoms with Gasteiger partial charge in [0, 0.05) is 49.1 Å². The summed E-state index contributed by atoms with van der Waals surface area (Å²) in [6.45, 7) is 10.5. The van der Waals surface area contributed by atoms with Gasteiger partial charge in [0.1, 0.15) is 11.4 Å². The average molecular weight is 890 g/mol. The number of aromatic nitrogens is 4. The number of nitrogen functional groups attached to an aromatic ring is 2. The van der Waals surface area contributed by atoms with E-state index in [1.165, 1.54) is 29.5 Å². The van der Waals surface area contributed by atoms with E-state index in [1.54, 1.807) is 17.0 Å². The van der Waals surface area contributed by atoms with Gasteiger partial charge in [0.2, 0.25) is 11.9 Å². The molecule has 0 fully saturated rings. The Morgan fingerprint density at radius 1 is 0.567 bits per heavy atom. The minimum atomic E-state index is -0.189. The predicted octanol–water partition coefficient (Wildman–Crippen LogP) is 10.1. The minimum Gasteiger partial charge on any atom is -0.368 e. The van der Waals surface area contributed by atoms with Gasteiger partial charge < -0.3 is 26.2 Å². The lowest BCUT2D eigenvalue weighted by Crippen LogP contribution is -2.27. The van der Waals surface area contributed by atoms with Crippen LogP contribution in [-0.4, -0.2) is 66.3 Å². The summed E-state index contributed by atoms with van der Waals surface area (Å²) >= 11 is 0. The molecule has 0 atom stereocenters. The molecule has 12 heteroatoms. The van der Waals surface area contributed by atoms with Gasteiger partial charge >= 0.3 is 0 Å². The number of benzene rings is 6. The van der Waals surface area contributed by atoms with Gasteiger partial charge in [-0.15, -0.1) is 0 Å². The van der Waals surface area contributed by atoms with E-state index >= 15 is 0 Å². The van der Waals surface area contributed by atoms with Crippen molar-refractivity contribution in [1.29, 1.82) is 0 Å². The van der Waals surface area contributed by atoms with Crippen LogP contribution < -0.4 is 11.5 Å². The van der Waals surface area contributed by atoms with Gasteiger partial charge in [-0.05, 0) is 87.9 Å². The molecule has 67 heavy (non-hydrogen) atoms. The fraction of sp³-hybridized carbons (Fsp3) is 0.218. The first-order valence-corrected chi connectivity index (χ1v) is 22.8. The maximum absolute atomic E-state index is 13.6. The topological polar surface area (TPSA) is 165 Å². The lowest BCUT2D eigenvalue weighted by atomic mass is 9.97. The number of anilines is 2. The van der Waals surface area contributed by atoms with Crippen molar-refractivity contribution in [3.63, 3.8) is 0 Å². The van der Waals surface area contributed by atoms with E-state index in [2.05, 4.69) is 83.0 Å². The van der Waals surface area contributed by atoms with Crippen molar-refractivity contribution in [2.45, 2.75) is 66.3 Å². The lowest BCUT2D eigenvalue weighted by Gasteiger charge is -2.18. The lowest BCUT2D eigenvalue weighted by molar-refractivity contribution is 0.0741. The molecule has 4 heterocycles. The molecule has 0 saturated heterocycles. The van der Waals surface area contributed by atoms with Crippen molar-refractivity contribution in [2.24, 2.45) is 0 Å². The monoisotopic (exact) mass is 889 g/mol. The maximum atomic E-state index is 13.6. The zero-order valence-corrected chi connectivity index (χ0v) is 38.4. The van der Waals surface area contributed by atoms with Crippen molar-refractivity contribution in [3.8, 4) is 22.3 Å². The van der Waals surface area contributed by atoms with Gasteiger partial charge in [0.25, 0.3) is 11.8 Å². The summed E-state index contributed by atoms with van der Waals surface area (Å²) in [5.41, 5.74) is 24.0. The van der Waals surface area contributed by atoms with E-state index in [4.69, 9.17) is 11.5 Å². The van der Waals surface area contributed by atoms with E-state index in [-0.39, 0.29) is 29.4 Å². The number of hydrogen-bond donors (Lipinski definition) is 2. The number of carbonyl (C=O) groups is 3. The highest BCUT2D eigenvalue weighted by molar-refractivity contribution is 6.07. The minimum absolute atomic E-state index is 0.0589. The van der Waals surface area contributed by atoms with Gasteiger partial charge in [-0.3, -0.25) is 14.4 Å². The molecule has 8 aromatic rings. The third kappa shape index (κ3) is 10.0. The molecule has 4 N–H and O–H groups in total. The van der Waals surface area contributed by atoms with Crippen LogP contribution in [0.4, 0.5) is 11.9 Å². The second-order valence-electron chi connectivity index (χ2n) is 16.9. The average Bonchev–Trinajstić information content (AvgIpc) is 4.01. The Labute approximate surface area is 391 Å². The summed E-state index contributed by atoms with van der Waals surface area (Å²) in [7, 11) is 2.11. The normalized spacial score (nSPS) is 12.6. The van der Waals surface area contributed by atoms with Crippen LogP contribution in [-0.2, 0) is 32.7 Å². The van der Waals surface area contributed by atoms with Crippen LogP contribution in [0.5, 0.6) is 0 Å². The summed E-state index contributed by atoms with van der Waals surface area (Å²) in [4.78, 5) is 61.6. The van der Waals surface area contributed by atoms with Gasteiger partial charge in [-0.2, -0.15) is 0 Å². The summed E-state index contributed by atoms with van der Waals surface area (Å²) < 4.78 is 0. The third-order valence-electron chi connectivity index (χ3n) is 12.3. The molecule has 0 radical (unpaired) electrons. The Morgan fingerprint density at radius 3 is 1.43 bits per heavy atom. The Hall–Kier alpha value is -7.83. The third-order valence-corrected chi connectivity index (χ3v) is 12.3. The molecular formula is C55H55N9O3. The molecule has 10 rings (SSSR count). The van der Waals surface area contributed by atoms with Crippen LogP contribution in [0.25, 0.3) is 44.1 Å². The number of nitrogens with two attached hydrogens (primary N) is 2. The number of amides is 2. The van der Waals surface area contributed by atoms with Gasteiger partial charge in [-0.25, -0.2) is 19.9 Å². The predicted molar refractivity (Wildman–Crippen MR) is 267 cm³/mol. The summed E-state index contributed by atoms with van der Waals surface area (Å²) in [5.74, 6) is -0.142. The van der Waals surface area contributed by atoms with Crippen molar-refractivity contribution in [1.82, 2.24) is 34.6 Å². The van der Waals surface area contributed by atoms with Crippen LogP contribution >= 0.6 is 0 Å². The highest BCUT2D eigenvalue weighted by Crippen LogP contribution is 2.33. The van der Waals surface area contributed by atoms with Crippen LogP contribution in [0.15, 0.2) is 133 Å². The number of fused-ring (bicyclic) bond motifs is 4. The number of rotatable bonds is 9. The Balaban J connectivity index is 0.000000169. The molecule has 0 unspecified atom stereocenters. The summed E-state index contributed by atoms with van der Waals surface area (Å²) in [5, 5.41) is 1.34. The highest BCUT2D eigenvalue weighted by atomic mass is 16.2. The molecule has 0 aliphatic carbocycles. The van der Waals surface area contributed by atoms with Crippen LogP contribution in [0.1, 0.15) is 92.8 Å². The first-order valence-electron chi connectivity index (χ1n) is 22.8. The van der Waals surface area contributed by atoms with E-state index in [0.29, 0.717) is 53.9 Å². The number of nitrogens with zero attached hydrogens (tertiary/aromatic N) is 7. The molecule has 0 saturated carbocycles. The van der Waals surface area contributed by atoms with E-state index in [0.717, 1.165) is 58.1 Å². The highest BCUT2D eigenvalue weighted by Gasteiger charge is 2.28. The van der Waals surface area contributed by atoms with Crippen molar-refractivity contribution in [2.75, 3.05) is 25.1 Å². The van der Waals surface area contributed by atoms with Gasteiger partial charge in [0.05, 0.1) is 11.0 Å². The molecule has 2 aliphatic rings. The molecule has 2 aromatic heterocycles. The fourth-order valence-electron chi connectivity index (χ4n) is 8.41. The molecule has 6 aromatic carbocycles. The number of aldehydes is 1. The van der Waals surface area contributed by atoms with Crippen molar-refractivity contribution < 1.29 is 14.4 Å². The SMILES string of the molecule is CCCC.CCN(C)Cc1ccccc1-c1ccc2nc(N)nc(C(=O)N3Cc4ccccc4C3)c2c1.Nc1nc(C(=O)N2Cc3ccccc3C2)c2cc(-c3ccccc3C=O)ccc2n1. The zero-order chi connectivity index (χ0) is 47.0. The number of unbranched alkanes of at least 4 members (excludes halogenated alkanes) is 1. The standard InChI is InChI=1S/C27H27N5O.C24H18N4O2.C4H10/c1-3-31(2)15-21-10-6-7-11-22(21)18-12-13-24-23(14-18)25(30-27(28)29-24)26(33)32-16-19-8-4-5-9-20(19)17-32;25-24-26-21-10-9-15(19-8-4-3-7-18(19)14-29)11-20(21)22(27-24)23(30)28-12-16-5-1-2-6-17(16)13-28;1-3-4-2/h4-14H,3,15-17H2,1-2H3,(H2,28,29,30);1-11,14H,12-13H2,(H2,25,26,27);3-4H2,1-2H3. The molecule has 2 aliphatic heterocycles.